The third-order valence-electron chi connectivity index (χ3n) is 2.60. The van der Waals surface area contributed by atoms with Gasteiger partial charge in [-0.05, 0) is 18.2 Å². The SMILES string of the molecule is COc1cc(OC)c2nc(/C=C/C(=O)O)ccc2c1. The average Bonchev–Trinajstić information content (AvgIpc) is 2.43. The van der Waals surface area contributed by atoms with Gasteiger partial charge in [0.2, 0.25) is 0 Å². The maximum atomic E-state index is 10.5. The van der Waals surface area contributed by atoms with E-state index in [1.54, 1.807) is 26.4 Å². The summed E-state index contributed by atoms with van der Waals surface area (Å²) in [5, 5.41) is 9.47. The minimum atomic E-state index is -1.01. The van der Waals surface area contributed by atoms with E-state index in [4.69, 9.17) is 14.6 Å². The summed E-state index contributed by atoms with van der Waals surface area (Å²) in [4.78, 5) is 14.8. The van der Waals surface area contributed by atoms with Crippen molar-refractivity contribution in [3.63, 3.8) is 0 Å². The summed E-state index contributed by atoms with van der Waals surface area (Å²) < 4.78 is 10.4. The summed E-state index contributed by atoms with van der Waals surface area (Å²) in [5.41, 5.74) is 1.22. The standard InChI is InChI=1S/C14H13NO4/c1-18-11-7-9-3-4-10(5-6-13(16)17)15-14(9)12(8-11)19-2/h3-8H,1-2H3,(H,16,17)/b6-5+. The minimum Gasteiger partial charge on any atom is -0.497 e. The highest BCUT2D eigenvalue weighted by molar-refractivity contribution is 5.89. The van der Waals surface area contributed by atoms with E-state index < -0.39 is 5.97 Å². The number of ether oxygens (including phenoxy) is 2. The molecular weight excluding hydrogens is 246 g/mol. The van der Waals surface area contributed by atoms with Crippen molar-refractivity contribution in [2.45, 2.75) is 0 Å². The van der Waals surface area contributed by atoms with Gasteiger partial charge in [-0.15, -0.1) is 0 Å². The normalized spacial score (nSPS) is 10.8. The number of pyridine rings is 1. The van der Waals surface area contributed by atoms with Gasteiger partial charge >= 0.3 is 5.97 Å². The molecule has 0 spiro atoms. The Morgan fingerprint density at radius 1 is 1.26 bits per heavy atom. The second-order valence-electron chi connectivity index (χ2n) is 3.81. The van der Waals surface area contributed by atoms with E-state index in [2.05, 4.69) is 4.98 Å². The van der Waals surface area contributed by atoms with E-state index in [0.29, 0.717) is 22.7 Å². The maximum Gasteiger partial charge on any atom is 0.328 e. The van der Waals surface area contributed by atoms with Crippen LogP contribution in [0.15, 0.2) is 30.3 Å². The van der Waals surface area contributed by atoms with Gasteiger partial charge in [0.05, 0.1) is 19.9 Å². The predicted molar refractivity (Wildman–Crippen MR) is 71.5 cm³/mol. The molecule has 0 radical (unpaired) electrons. The Kier molecular flexibility index (Phi) is 3.66. The number of hydrogen-bond donors (Lipinski definition) is 1. The Morgan fingerprint density at radius 3 is 2.68 bits per heavy atom. The smallest absolute Gasteiger partial charge is 0.328 e. The van der Waals surface area contributed by atoms with E-state index >= 15 is 0 Å². The quantitative estimate of drug-likeness (QED) is 0.853. The van der Waals surface area contributed by atoms with Crippen LogP contribution in [-0.2, 0) is 4.79 Å². The molecule has 1 aromatic carbocycles. The Bertz CT molecular complexity index is 649. The van der Waals surface area contributed by atoms with E-state index in [0.717, 1.165) is 11.5 Å². The molecule has 2 aromatic rings. The van der Waals surface area contributed by atoms with Gasteiger partial charge in [-0.2, -0.15) is 0 Å². The number of hydrogen-bond acceptors (Lipinski definition) is 4. The summed E-state index contributed by atoms with van der Waals surface area (Å²) in [6, 6.07) is 7.16. The molecule has 0 amide bonds. The first-order chi connectivity index (χ1) is 9.13. The predicted octanol–water partition coefficient (Wildman–Crippen LogP) is 2.35. The molecule has 0 aliphatic heterocycles. The maximum absolute atomic E-state index is 10.5. The first-order valence-corrected chi connectivity index (χ1v) is 5.58. The van der Waals surface area contributed by atoms with Crippen LogP contribution in [0.4, 0.5) is 0 Å². The second kappa shape index (κ2) is 5.39. The third kappa shape index (κ3) is 2.82. The molecule has 98 valence electrons. The minimum absolute atomic E-state index is 0.554. The lowest BCUT2D eigenvalue weighted by atomic mass is 10.1. The van der Waals surface area contributed by atoms with Gasteiger partial charge in [-0.3, -0.25) is 0 Å². The molecule has 0 saturated heterocycles. The summed E-state index contributed by atoms with van der Waals surface area (Å²) in [6.45, 7) is 0. The number of fused-ring (bicyclic) bond motifs is 1. The number of rotatable bonds is 4. The fraction of sp³-hybridized carbons (Fsp3) is 0.143. The molecule has 0 aliphatic carbocycles. The van der Waals surface area contributed by atoms with E-state index in [9.17, 15) is 4.79 Å². The molecule has 0 bridgehead atoms. The zero-order valence-electron chi connectivity index (χ0n) is 10.6. The van der Waals surface area contributed by atoms with Gasteiger partial charge < -0.3 is 14.6 Å². The Hall–Kier alpha value is -2.56. The fourth-order valence-corrected chi connectivity index (χ4v) is 1.71. The van der Waals surface area contributed by atoms with Crippen LogP contribution in [0.2, 0.25) is 0 Å². The third-order valence-corrected chi connectivity index (χ3v) is 2.60. The summed E-state index contributed by atoms with van der Waals surface area (Å²) in [6.07, 6.45) is 2.48. The van der Waals surface area contributed by atoms with Crippen molar-refractivity contribution in [3.05, 3.63) is 36.0 Å². The van der Waals surface area contributed by atoms with Crippen LogP contribution in [-0.4, -0.2) is 30.3 Å². The number of carboxylic acid groups (broad SMARTS) is 1. The monoisotopic (exact) mass is 259 g/mol. The lowest BCUT2D eigenvalue weighted by Crippen LogP contribution is -1.92. The van der Waals surface area contributed by atoms with Crippen LogP contribution in [0.25, 0.3) is 17.0 Å². The molecule has 0 saturated carbocycles. The van der Waals surface area contributed by atoms with Crippen LogP contribution < -0.4 is 9.47 Å². The Morgan fingerprint density at radius 2 is 2.05 bits per heavy atom. The zero-order chi connectivity index (χ0) is 13.8. The number of carbonyl (C=O) groups is 1. The number of benzene rings is 1. The molecule has 1 heterocycles. The van der Waals surface area contributed by atoms with Gasteiger partial charge in [0, 0.05) is 17.5 Å². The first kappa shape index (κ1) is 12.9. The van der Waals surface area contributed by atoms with Crippen LogP contribution in [0.3, 0.4) is 0 Å². The molecule has 2 rings (SSSR count). The van der Waals surface area contributed by atoms with Gasteiger partial charge in [-0.1, -0.05) is 6.07 Å². The summed E-state index contributed by atoms with van der Waals surface area (Å²) in [7, 11) is 3.13. The highest BCUT2D eigenvalue weighted by atomic mass is 16.5. The number of nitrogens with zero attached hydrogens (tertiary/aromatic N) is 1. The number of methoxy groups -OCH3 is 2. The largest absolute Gasteiger partial charge is 0.497 e. The van der Waals surface area contributed by atoms with Gasteiger partial charge in [-0.25, -0.2) is 9.78 Å². The van der Waals surface area contributed by atoms with E-state index in [-0.39, 0.29) is 0 Å². The number of aromatic nitrogens is 1. The van der Waals surface area contributed by atoms with Crippen molar-refractivity contribution < 1.29 is 19.4 Å². The zero-order valence-corrected chi connectivity index (χ0v) is 10.6. The second-order valence-corrected chi connectivity index (χ2v) is 3.81. The van der Waals surface area contributed by atoms with Crippen molar-refractivity contribution in [2.75, 3.05) is 14.2 Å². The molecule has 19 heavy (non-hydrogen) atoms. The van der Waals surface area contributed by atoms with E-state index in [1.807, 2.05) is 12.1 Å². The molecule has 0 aliphatic rings. The number of carboxylic acids is 1. The van der Waals surface area contributed by atoms with Gasteiger partial charge in [0.25, 0.3) is 0 Å². The summed E-state index contributed by atoms with van der Waals surface area (Å²) in [5.74, 6) is 0.253. The lowest BCUT2D eigenvalue weighted by Gasteiger charge is -2.08. The van der Waals surface area contributed by atoms with Crippen LogP contribution in [0, 0.1) is 0 Å². The molecule has 5 heteroatoms. The molecule has 1 aromatic heterocycles. The Labute approximate surface area is 110 Å². The molecule has 0 fully saturated rings. The Balaban J connectivity index is 2.55. The highest BCUT2D eigenvalue weighted by Crippen LogP contribution is 2.29. The van der Waals surface area contributed by atoms with Crippen molar-refractivity contribution in [1.29, 1.82) is 0 Å². The molecule has 0 atom stereocenters. The van der Waals surface area contributed by atoms with Crippen molar-refractivity contribution in [2.24, 2.45) is 0 Å². The van der Waals surface area contributed by atoms with E-state index in [1.165, 1.54) is 6.08 Å². The summed E-state index contributed by atoms with van der Waals surface area (Å²) >= 11 is 0. The number of aliphatic carboxylic acids is 1. The van der Waals surface area contributed by atoms with Crippen LogP contribution in [0.1, 0.15) is 5.69 Å². The fourth-order valence-electron chi connectivity index (χ4n) is 1.71. The molecule has 5 nitrogen and oxygen atoms in total. The van der Waals surface area contributed by atoms with Crippen molar-refractivity contribution in [3.8, 4) is 11.5 Å². The average molecular weight is 259 g/mol. The van der Waals surface area contributed by atoms with Crippen LogP contribution >= 0.6 is 0 Å². The van der Waals surface area contributed by atoms with Gasteiger partial charge in [0.15, 0.2) is 0 Å². The highest BCUT2D eigenvalue weighted by Gasteiger charge is 2.07. The van der Waals surface area contributed by atoms with Crippen molar-refractivity contribution in [1.82, 2.24) is 4.98 Å². The first-order valence-electron chi connectivity index (χ1n) is 5.58. The molecule has 1 N–H and O–H groups in total. The lowest BCUT2D eigenvalue weighted by molar-refractivity contribution is -0.131. The molecular formula is C14H13NO4. The molecule has 0 unspecified atom stereocenters. The topological polar surface area (TPSA) is 68.7 Å². The van der Waals surface area contributed by atoms with Gasteiger partial charge in [0.1, 0.15) is 17.0 Å². The van der Waals surface area contributed by atoms with Crippen LogP contribution in [0.5, 0.6) is 11.5 Å². The van der Waals surface area contributed by atoms with Crippen molar-refractivity contribution >= 4 is 22.9 Å².